The molecular formula is C48H78N2O5. The van der Waals surface area contributed by atoms with Crippen LogP contribution in [-0.2, 0) is 14.3 Å². The topological polar surface area (TPSA) is 108 Å². The number of amides is 2. The maximum absolute atomic E-state index is 12.7. The lowest BCUT2D eigenvalue weighted by atomic mass is 9.43. The molecule has 2 amide bonds. The Labute approximate surface area is 335 Å². The normalized spacial score (nSPS) is 32.7. The van der Waals surface area contributed by atoms with Crippen LogP contribution in [0.3, 0.4) is 0 Å². The molecule has 0 saturated heterocycles. The molecule has 10 atom stereocenters. The molecule has 0 radical (unpaired) electrons. The third-order valence-corrected chi connectivity index (χ3v) is 14.3. The van der Waals surface area contributed by atoms with Crippen molar-refractivity contribution in [2.75, 3.05) is 26.3 Å². The second kappa shape index (κ2) is 23.7. The van der Waals surface area contributed by atoms with E-state index in [4.69, 9.17) is 4.74 Å². The van der Waals surface area contributed by atoms with E-state index in [9.17, 15) is 19.8 Å². The van der Waals surface area contributed by atoms with Crippen molar-refractivity contribution in [3.63, 3.8) is 0 Å². The molecule has 55 heavy (non-hydrogen) atoms. The molecule has 4 saturated carbocycles. The minimum absolute atomic E-state index is 0.0525. The molecule has 4 aliphatic rings. The molecule has 0 aromatic heterocycles. The molecule has 0 aromatic rings. The Morgan fingerprint density at radius 1 is 0.727 bits per heavy atom. The van der Waals surface area contributed by atoms with Gasteiger partial charge in [-0.05, 0) is 149 Å². The Kier molecular flexibility index (Phi) is 19.5. The molecule has 0 aromatic carbocycles. The standard InChI is InChI=1S/C48H78N2O5/c1-5-6-7-8-9-10-11-12-13-14-15-16-17-18-19-20-21-22-44(53)49-31-33-55-34-32-50-45(54)26-23-37(2)40-24-25-41-46-42(28-30-48(40,41)4)47(3)29-27-39(51)35-38(47)36-43(46)52/h6-7,9-10,12-13,15-16,18-19,37-43,46,51-52H,5,8,11,14,17,20-36H2,1-4H3,(H,49,53)(H,50,54). The van der Waals surface area contributed by atoms with Crippen LogP contribution < -0.4 is 10.6 Å². The van der Waals surface area contributed by atoms with Crippen LogP contribution in [0.1, 0.15) is 143 Å². The number of nitrogens with one attached hydrogen (secondary N) is 2. The number of allylic oxidation sites excluding steroid dienone is 10. The van der Waals surface area contributed by atoms with E-state index in [-0.39, 0.29) is 34.9 Å². The Balaban J connectivity index is 0.986. The first-order valence-electron chi connectivity index (χ1n) is 22.3. The van der Waals surface area contributed by atoms with Gasteiger partial charge in [-0.1, -0.05) is 88.5 Å². The summed E-state index contributed by atoms with van der Waals surface area (Å²) in [5.41, 5.74) is 0.483. The number of aliphatic hydroxyl groups is 2. The minimum atomic E-state index is -0.248. The van der Waals surface area contributed by atoms with E-state index in [1.807, 2.05) is 0 Å². The third-order valence-electron chi connectivity index (χ3n) is 14.3. The third kappa shape index (κ3) is 13.6. The molecule has 7 heteroatoms. The average Bonchev–Trinajstić information content (AvgIpc) is 3.52. The van der Waals surface area contributed by atoms with Crippen molar-refractivity contribution < 1.29 is 24.5 Å². The van der Waals surface area contributed by atoms with E-state index in [0.717, 1.165) is 77.0 Å². The number of carbonyl (C=O) groups excluding carboxylic acids is 2. The summed E-state index contributed by atoms with van der Waals surface area (Å²) in [5, 5.41) is 27.9. The van der Waals surface area contributed by atoms with Crippen LogP contribution in [-0.4, -0.2) is 60.5 Å². The number of hydrogen-bond donors (Lipinski definition) is 4. The highest BCUT2D eigenvalue weighted by molar-refractivity contribution is 5.76. The van der Waals surface area contributed by atoms with Crippen LogP contribution >= 0.6 is 0 Å². The van der Waals surface area contributed by atoms with Gasteiger partial charge in [-0.2, -0.15) is 0 Å². The summed E-state index contributed by atoms with van der Waals surface area (Å²) in [6.07, 6.45) is 38.6. The van der Waals surface area contributed by atoms with E-state index in [1.54, 1.807) is 0 Å². The summed E-state index contributed by atoms with van der Waals surface area (Å²) in [4.78, 5) is 24.9. The lowest BCUT2D eigenvalue weighted by Gasteiger charge is -2.62. The number of hydrogen-bond acceptors (Lipinski definition) is 5. The second-order valence-corrected chi connectivity index (χ2v) is 17.9. The van der Waals surface area contributed by atoms with Crippen LogP contribution in [0.25, 0.3) is 0 Å². The number of ether oxygens (including phenoxy) is 1. The van der Waals surface area contributed by atoms with Gasteiger partial charge in [0.05, 0.1) is 25.4 Å². The number of carbonyl (C=O) groups is 2. The van der Waals surface area contributed by atoms with Crippen molar-refractivity contribution in [2.24, 2.45) is 46.3 Å². The lowest BCUT2D eigenvalue weighted by molar-refractivity contribution is -0.174. The van der Waals surface area contributed by atoms with Gasteiger partial charge in [0.1, 0.15) is 0 Å². The van der Waals surface area contributed by atoms with E-state index in [0.29, 0.717) is 74.7 Å². The molecule has 0 bridgehead atoms. The smallest absolute Gasteiger partial charge is 0.220 e. The van der Waals surface area contributed by atoms with Gasteiger partial charge in [-0.15, -0.1) is 0 Å². The van der Waals surface area contributed by atoms with E-state index < -0.39 is 0 Å². The largest absolute Gasteiger partial charge is 0.393 e. The van der Waals surface area contributed by atoms with Crippen molar-refractivity contribution in [1.29, 1.82) is 0 Å². The van der Waals surface area contributed by atoms with Crippen molar-refractivity contribution in [3.8, 4) is 0 Å². The minimum Gasteiger partial charge on any atom is -0.393 e. The van der Waals surface area contributed by atoms with Gasteiger partial charge < -0.3 is 25.6 Å². The Morgan fingerprint density at radius 3 is 1.93 bits per heavy atom. The molecule has 4 rings (SSSR count). The number of aliphatic hydroxyl groups excluding tert-OH is 2. The van der Waals surface area contributed by atoms with Gasteiger partial charge >= 0.3 is 0 Å². The molecular weight excluding hydrogens is 685 g/mol. The molecule has 4 aliphatic carbocycles. The zero-order chi connectivity index (χ0) is 39.5. The monoisotopic (exact) mass is 763 g/mol. The SMILES string of the molecule is CCC=CCC=CCC=CCC=CCC=CCCCC(=O)NCCOCCNC(=O)CCC(C)C1CCC2C3C(O)CC4CC(O)CCC4(C)C3CCC12C. The first-order chi connectivity index (χ1) is 26.6. The van der Waals surface area contributed by atoms with Gasteiger partial charge in [0, 0.05) is 25.9 Å². The van der Waals surface area contributed by atoms with Crippen molar-refractivity contribution in [2.45, 2.75) is 155 Å². The molecule has 4 N–H and O–H groups in total. The first-order valence-corrected chi connectivity index (χ1v) is 22.3. The number of rotatable bonds is 23. The fourth-order valence-corrected chi connectivity index (χ4v) is 11.3. The fraction of sp³-hybridized carbons (Fsp3) is 0.750. The second-order valence-electron chi connectivity index (χ2n) is 17.9. The summed E-state index contributed by atoms with van der Waals surface area (Å²) < 4.78 is 5.66. The zero-order valence-electron chi connectivity index (χ0n) is 35.1. The predicted octanol–water partition coefficient (Wildman–Crippen LogP) is 9.56. The highest BCUT2D eigenvalue weighted by Crippen LogP contribution is 2.68. The number of unbranched alkanes of at least 4 members (excludes halogenated alkanes) is 1. The summed E-state index contributed by atoms with van der Waals surface area (Å²) in [5.74, 6) is 3.15. The van der Waals surface area contributed by atoms with Crippen LogP contribution in [0.5, 0.6) is 0 Å². The summed E-state index contributed by atoms with van der Waals surface area (Å²) >= 11 is 0. The Hall–Kier alpha value is -2.48. The van der Waals surface area contributed by atoms with Gasteiger partial charge in [0.2, 0.25) is 11.8 Å². The summed E-state index contributed by atoms with van der Waals surface area (Å²) in [6.45, 7) is 11.3. The van der Waals surface area contributed by atoms with Crippen LogP contribution in [0.15, 0.2) is 60.8 Å². The number of fused-ring (bicyclic) bond motifs is 5. The van der Waals surface area contributed by atoms with Crippen molar-refractivity contribution >= 4 is 11.8 Å². The highest BCUT2D eigenvalue weighted by atomic mass is 16.5. The van der Waals surface area contributed by atoms with E-state index in [1.165, 1.54) is 25.7 Å². The van der Waals surface area contributed by atoms with Gasteiger partial charge in [0.15, 0.2) is 0 Å². The van der Waals surface area contributed by atoms with E-state index in [2.05, 4.69) is 99.1 Å². The average molecular weight is 763 g/mol. The maximum atomic E-state index is 12.7. The molecule has 0 aliphatic heterocycles. The molecule has 4 fully saturated rings. The van der Waals surface area contributed by atoms with Crippen LogP contribution in [0.2, 0.25) is 0 Å². The van der Waals surface area contributed by atoms with Crippen molar-refractivity contribution in [1.82, 2.24) is 10.6 Å². The Morgan fingerprint density at radius 2 is 1.29 bits per heavy atom. The zero-order valence-corrected chi connectivity index (χ0v) is 35.1. The fourth-order valence-electron chi connectivity index (χ4n) is 11.3. The quantitative estimate of drug-likeness (QED) is 0.0613. The predicted molar refractivity (Wildman–Crippen MR) is 226 cm³/mol. The van der Waals surface area contributed by atoms with Crippen molar-refractivity contribution in [3.05, 3.63) is 60.8 Å². The lowest BCUT2D eigenvalue weighted by Crippen LogP contribution is -2.58. The van der Waals surface area contributed by atoms with Crippen LogP contribution in [0, 0.1) is 46.3 Å². The van der Waals surface area contributed by atoms with Gasteiger partial charge in [-0.25, -0.2) is 0 Å². The maximum Gasteiger partial charge on any atom is 0.220 e. The Bertz CT molecular complexity index is 1300. The molecule has 0 heterocycles. The summed E-state index contributed by atoms with van der Waals surface area (Å²) in [7, 11) is 0. The van der Waals surface area contributed by atoms with Gasteiger partial charge in [-0.3, -0.25) is 9.59 Å². The first kappa shape index (κ1) is 45.2. The van der Waals surface area contributed by atoms with Crippen LogP contribution in [0.4, 0.5) is 0 Å². The highest BCUT2D eigenvalue weighted by Gasteiger charge is 2.62. The molecule has 0 spiro atoms. The van der Waals surface area contributed by atoms with E-state index >= 15 is 0 Å². The molecule has 7 nitrogen and oxygen atoms in total. The van der Waals surface area contributed by atoms with Gasteiger partial charge in [0.25, 0.3) is 0 Å². The molecule has 10 unspecified atom stereocenters. The summed E-state index contributed by atoms with van der Waals surface area (Å²) in [6, 6.07) is 0. The molecule has 310 valence electrons.